The van der Waals surface area contributed by atoms with Gasteiger partial charge in [-0.2, -0.15) is 0 Å². The minimum Gasteiger partial charge on any atom is -0.379 e. The number of nitro benzene ring substituents is 1. The topological polar surface area (TPSA) is 73.6 Å². The SMILES string of the molecule is CCOC1CC(Nc2cccc([N+](=O)[O-])c2)C1OC. The summed E-state index contributed by atoms with van der Waals surface area (Å²) < 4.78 is 10.9. The van der Waals surface area contributed by atoms with Gasteiger partial charge in [-0.1, -0.05) is 6.07 Å². The first-order valence-electron chi connectivity index (χ1n) is 6.31. The van der Waals surface area contributed by atoms with Gasteiger partial charge in [0.2, 0.25) is 0 Å². The van der Waals surface area contributed by atoms with Gasteiger partial charge >= 0.3 is 0 Å². The Morgan fingerprint density at radius 2 is 2.32 bits per heavy atom. The highest BCUT2D eigenvalue weighted by atomic mass is 16.6. The summed E-state index contributed by atoms with van der Waals surface area (Å²) >= 11 is 0. The van der Waals surface area contributed by atoms with Crippen LogP contribution < -0.4 is 5.32 Å². The lowest BCUT2D eigenvalue weighted by atomic mass is 9.85. The maximum absolute atomic E-state index is 10.7. The van der Waals surface area contributed by atoms with Crippen LogP contribution in [0.5, 0.6) is 0 Å². The Kier molecular flexibility index (Phi) is 4.34. The Bertz CT molecular complexity index is 452. The minimum absolute atomic E-state index is 0.0146. The zero-order valence-corrected chi connectivity index (χ0v) is 11.0. The molecule has 1 aromatic rings. The molecule has 0 aromatic heterocycles. The van der Waals surface area contributed by atoms with Crippen molar-refractivity contribution in [3.63, 3.8) is 0 Å². The van der Waals surface area contributed by atoms with E-state index in [0.717, 1.165) is 12.1 Å². The lowest BCUT2D eigenvalue weighted by molar-refractivity contribution is -0.384. The molecule has 2 rings (SSSR count). The number of hydrogen-bond acceptors (Lipinski definition) is 5. The zero-order valence-electron chi connectivity index (χ0n) is 11.0. The Balaban J connectivity index is 1.98. The number of methoxy groups -OCH3 is 1. The number of nitrogens with one attached hydrogen (secondary N) is 1. The summed E-state index contributed by atoms with van der Waals surface area (Å²) in [4.78, 5) is 10.3. The van der Waals surface area contributed by atoms with Crippen molar-refractivity contribution in [2.75, 3.05) is 19.0 Å². The number of non-ortho nitro benzene ring substituents is 1. The van der Waals surface area contributed by atoms with Gasteiger partial charge in [-0.05, 0) is 19.4 Å². The van der Waals surface area contributed by atoms with Crippen LogP contribution in [0.2, 0.25) is 0 Å². The summed E-state index contributed by atoms with van der Waals surface area (Å²) in [6.07, 6.45) is 0.931. The molecule has 19 heavy (non-hydrogen) atoms. The Labute approximate surface area is 111 Å². The largest absolute Gasteiger partial charge is 0.379 e. The Morgan fingerprint density at radius 3 is 2.95 bits per heavy atom. The molecule has 0 aliphatic heterocycles. The number of nitrogens with zero attached hydrogens (tertiary/aromatic N) is 1. The van der Waals surface area contributed by atoms with Gasteiger partial charge in [-0.15, -0.1) is 0 Å². The summed E-state index contributed by atoms with van der Waals surface area (Å²) in [7, 11) is 1.65. The second-order valence-electron chi connectivity index (χ2n) is 4.49. The van der Waals surface area contributed by atoms with E-state index >= 15 is 0 Å². The maximum atomic E-state index is 10.7. The van der Waals surface area contributed by atoms with Crippen molar-refractivity contribution in [1.82, 2.24) is 0 Å². The molecule has 6 heteroatoms. The number of nitro groups is 1. The number of hydrogen-bond donors (Lipinski definition) is 1. The van der Waals surface area contributed by atoms with Crippen LogP contribution in [-0.4, -0.2) is 36.9 Å². The van der Waals surface area contributed by atoms with Crippen LogP contribution in [-0.2, 0) is 9.47 Å². The molecule has 3 atom stereocenters. The van der Waals surface area contributed by atoms with E-state index in [0.29, 0.717) is 6.61 Å². The van der Waals surface area contributed by atoms with Crippen molar-refractivity contribution >= 4 is 11.4 Å². The molecule has 0 radical (unpaired) electrons. The van der Waals surface area contributed by atoms with Crippen molar-refractivity contribution < 1.29 is 14.4 Å². The average molecular weight is 266 g/mol. The van der Waals surface area contributed by atoms with E-state index in [4.69, 9.17) is 9.47 Å². The standard InChI is InChI=1S/C13H18N2O4/c1-3-19-12-8-11(13(12)18-2)14-9-5-4-6-10(7-9)15(16)17/h4-7,11-14H,3,8H2,1-2H3. The van der Waals surface area contributed by atoms with Crippen LogP contribution >= 0.6 is 0 Å². The average Bonchev–Trinajstić information content (AvgIpc) is 2.38. The summed E-state index contributed by atoms with van der Waals surface area (Å²) in [5.41, 5.74) is 0.816. The van der Waals surface area contributed by atoms with Gasteiger partial charge in [0.25, 0.3) is 5.69 Å². The van der Waals surface area contributed by atoms with Crippen molar-refractivity contribution in [2.45, 2.75) is 31.6 Å². The molecule has 1 aliphatic rings. The van der Waals surface area contributed by atoms with E-state index in [9.17, 15) is 10.1 Å². The molecule has 1 N–H and O–H groups in total. The minimum atomic E-state index is -0.400. The van der Waals surface area contributed by atoms with Gasteiger partial charge in [0.05, 0.1) is 17.1 Å². The molecular weight excluding hydrogens is 248 g/mol. The van der Waals surface area contributed by atoms with Crippen LogP contribution in [0, 0.1) is 10.1 Å². The van der Waals surface area contributed by atoms with Crippen LogP contribution in [0.15, 0.2) is 24.3 Å². The molecule has 0 bridgehead atoms. The summed E-state index contributed by atoms with van der Waals surface area (Å²) in [6, 6.07) is 6.61. The highest BCUT2D eigenvalue weighted by Crippen LogP contribution is 2.30. The first-order valence-corrected chi connectivity index (χ1v) is 6.31. The Morgan fingerprint density at radius 1 is 1.53 bits per heavy atom. The molecule has 1 saturated carbocycles. The molecule has 1 aliphatic carbocycles. The fourth-order valence-corrected chi connectivity index (χ4v) is 2.34. The number of ether oxygens (including phenoxy) is 2. The highest BCUT2D eigenvalue weighted by molar-refractivity contribution is 5.52. The van der Waals surface area contributed by atoms with Crippen LogP contribution in [0.1, 0.15) is 13.3 Å². The van der Waals surface area contributed by atoms with Gasteiger partial charge in [-0.25, -0.2) is 0 Å². The third-order valence-corrected chi connectivity index (χ3v) is 3.31. The first kappa shape index (κ1) is 13.8. The molecule has 0 amide bonds. The monoisotopic (exact) mass is 266 g/mol. The quantitative estimate of drug-likeness (QED) is 0.631. The predicted molar refractivity (Wildman–Crippen MR) is 71.3 cm³/mol. The molecule has 6 nitrogen and oxygen atoms in total. The first-order chi connectivity index (χ1) is 9.15. The lowest BCUT2D eigenvalue weighted by Crippen LogP contribution is -2.56. The molecule has 3 unspecified atom stereocenters. The zero-order chi connectivity index (χ0) is 13.8. The maximum Gasteiger partial charge on any atom is 0.271 e. The molecular formula is C13H18N2O4. The van der Waals surface area contributed by atoms with E-state index in [1.165, 1.54) is 12.1 Å². The van der Waals surface area contributed by atoms with E-state index in [1.807, 2.05) is 13.0 Å². The second kappa shape index (κ2) is 5.99. The molecule has 0 heterocycles. The smallest absolute Gasteiger partial charge is 0.271 e. The Hall–Kier alpha value is -1.66. The molecule has 0 spiro atoms. The molecule has 1 aromatic carbocycles. The van der Waals surface area contributed by atoms with Crippen LogP contribution in [0.3, 0.4) is 0 Å². The van der Waals surface area contributed by atoms with Crippen molar-refractivity contribution in [3.05, 3.63) is 34.4 Å². The summed E-state index contributed by atoms with van der Waals surface area (Å²) in [5, 5.41) is 14.0. The highest BCUT2D eigenvalue weighted by Gasteiger charge is 2.42. The van der Waals surface area contributed by atoms with Gasteiger partial charge in [-0.3, -0.25) is 10.1 Å². The van der Waals surface area contributed by atoms with Gasteiger partial charge in [0, 0.05) is 31.5 Å². The normalized spacial score (nSPS) is 25.7. The van der Waals surface area contributed by atoms with E-state index in [-0.39, 0.29) is 23.9 Å². The van der Waals surface area contributed by atoms with Gasteiger partial charge < -0.3 is 14.8 Å². The second-order valence-corrected chi connectivity index (χ2v) is 4.49. The van der Waals surface area contributed by atoms with Crippen molar-refractivity contribution in [3.8, 4) is 0 Å². The van der Waals surface area contributed by atoms with E-state index < -0.39 is 4.92 Å². The summed E-state index contributed by atoms with van der Waals surface area (Å²) in [5.74, 6) is 0. The molecule has 0 saturated heterocycles. The van der Waals surface area contributed by atoms with Crippen molar-refractivity contribution in [1.29, 1.82) is 0 Å². The molecule has 104 valence electrons. The van der Waals surface area contributed by atoms with Gasteiger partial charge in [0.1, 0.15) is 6.10 Å². The number of rotatable bonds is 6. The van der Waals surface area contributed by atoms with Gasteiger partial charge in [0.15, 0.2) is 0 Å². The van der Waals surface area contributed by atoms with E-state index in [1.54, 1.807) is 13.2 Å². The van der Waals surface area contributed by atoms with Crippen molar-refractivity contribution in [2.24, 2.45) is 0 Å². The summed E-state index contributed by atoms with van der Waals surface area (Å²) in [6.45, 7) is 2.61. The third-order valence-electron chi connectivity index (χ3n) is 3.31. The van der Waals surface area contributed by atoms with Crippen LogP contribution in [0.25, 0.3) is 0 Å². The fraction of sp³-hybridized carbons (Fsp3) is 0.538. The lowest BCUT2D eigenvalue weighted by Gasteiger charge is -2.43. The fourth-order valence-electron chi connectivity index (χ4n) is 2.34. The van der Waals surface area contributed by atoms with Crippen LogP contribution in [0.4, 0.5) is 11.4 Å². The van der Waals surface area contributed by atoms with E-state index in [2.05, 4.69) is 5.32 Å². The number of anilines is 1. The predicted octanol–water partition coefficient (Wildman–Crippen LogP) is 2.20. The molecule has 1 fully saturated rings. The third kappa shape index (κ3) is 3.02. The number of benzene rings is 1.